The zero-order chi connectivity index (χ0) is 14.5. The molecule has 1 aliphatic rings. The van der Waals surface area contributed by atoms with Gasteiger partial charge in [0.2, 0.25) is 0 Å². The van der Waals surface area contributed by atoms with Crippen LogP contribution < -0.4 is 10.2 Å². The molecule has 1 aliphatic heterocycles. The topological polar surface area (TPSA) is 44.3 Å². The van der Waals surface area contributed by atoms with Gasteiger partial charge in [-0.25, -0.2) is 9.97 Å². The van der Waals surface area contributed by atoms with Crippen LogP contribution in [0, 0.1) is 0 Å². The first-order valence-corrected chi connectivity index (χ1v) is 8.20. The summed E-state index contributed by atoms with van der Waals surface area (Å²) in [6.45, 7) is 11.8. The molecular weight excluding hydrogens is 318 g/mol. The lowest BCUT2D eigenvalue weighted by Crippen LogP contribution is -2.52. The van der Waals surface area contributed by atoms with Gasteiger partial charge in [0.25, 0.3) is 0 Å². The van der Waals surface area contributed by atoms with Gasteiger partial charge in [0.1, 0.15) is 22.4 Å². The van der Waals surface area contributed by atoms with Crippen molar-refractivity contribution in [3.8, 4) is 0 Å². The Kier molecular flexibility index (Phi) is 5.60. The molecule has 0 radical (unpaired) electrons. The molecule has 5 nitrogen and oxygen atoms in total. The Morgan fingerprint density at radius 3 is 2.80 bits per heavy atom. The van der Waals surface area contributed by atoms with E-state index in [2.05, 4.69) is 61.8 Å². The molecule has 1 aromatic rings. The van der Waals surface area contributed by atoms with E-state index < -0.39 is 0 Å². The van der Waals surface area contributed by atoms with Crippen molar-refractivity contribution in [3.05, 3.63) is 10.8 Å². The molecule has 6 heteroatoms. The van der Waals surface area contributed by atoms with E-state index in [9.17, 15) is 0 Å². The highest BCUT2D eigenvalue weighted by Crippen LogP contribution is 2.30. The standard InChI is InChI=1S/C14H24BrN5/c1-4-6-16-13-12(15)14(18-10-17-13)20-8-7-19(5-2)11(3)9-20/h10-11H,4-9H2,1-3H3,(H,16,17,18). The van der Waals surface area contributed by atoms with E-state index in [0.717, 1.165) is 55.3 Å². The minimum atomic E-state index is 0.558. The highest BCUT2D eigenvalue weighted by molar-refractivity contribution is 9.10. The summed E-state index contributed by atoms with van der Waals surface area (Å²) in [7, 11) is 0. The van der Waals surface area contributed by atoms with Crippen molar-refractivity contribution in [1.29, 1.82) is 0 Å². The van der Waals surface area contributed by atoms with E-state index in [1.165, 1.54) is 0 Å². The molecule has 1 N–H and O–H groups in total. The van der Waals surface area contributed by atoms with E-state index in [1.54, 1.807) is 6.33 Å². The van der Waals surface area contributed by atoms with Crippen molar-refractivity contribution in [2.45, 2.75) is 33.2 Å². The van der Waals surface area contributed by atoms with Gasteiger partial charge in [0.05, 0.1) is 0 Å². The highest BCUT2D eigenvalue weighted by Gasteiger charge is 2.25. The zero-order valence-electron chi connectivity index (χ0n) is 12.6. The highest BCUT2D eigenvalue weighted by atomic mass is 79.9. The summed E-state index contributed by atoms with van der Waals surface area (Å²) >= 11 is 3.66. The van der Waals surface area contributed by atoms with Crippen LogP contribution in [0.2, 0.25) is 0 Å². The van der Waals surface area contributed by atoms with Gasteiger partial charge in [0.15, 0.2) is 0 Å². The van der Waals surface area contributed by atoms with Gasteiger partial charge >= 0.3 is 0 Å². The molecule has 0 bridgehead atoms. The van der Waals surface area contributed by atoms with Crippen LogP contribution in [-0.4, -0.2) is 53.6 Å². The molecule has 1 unspecified atom stereocenters. The second kappa shape index (κ2) is 7.22. The number of hydrogen-bond donors (Lipinski definition) is 1. The van der Waals surface area contributed by atoms with Crippen LogP contribution in [0.3, 0.4) is 0 Å². The summed E-state index contributed by atoms with van der Waals surface area (Å²) in [4.78, 5) is 13.6. The SMILES string of the molecule is CCCNc1ncnc(N2CCN(CC)C(C)C2)c1Br. The Bertz CT molecular complexity index is 440. The second-order valence-corrected chi connectivity index (χ2v) is 6.00. The van der Waals surface area contributed by atoms with Gasteiger partial charge in [-0.2, -0.15) is 0 Å². The molecule has 2 rings (SSSR count). The van der Waals surface area contributed by atoms with E-state index in [0.29, 0.717) is 6.04 Å². The number of halogens is 1. The fraction of sp³-hybridized carbons (Fsp3) is 0.714. The fourth-order valence-corrected chi connectivity index (χ4v) is 3.20. The number of rotatable bonds is 5. The Labute approximate surface area is 129 Å². The van der Waals surface area contributed by atoms with Crippen LogP contribution in [0.15, 0.2) is 10.8 Å². The lowest BCUT2D eigenvalue weighted by molar-refractivity contribution is 0.199. The molecule has 0 saturated carbocycles. The van der Waals surface area contributed by atoms with Crippen LogP contribution >= 0.6 is 15.9 Å². The molecule has 1 aromatic heterocycles. The van der Waals surface area contributed by atoms with E-state index in [4.69, 9.17) is 0 Å². The summed E-state index contributed by atoms with van der Waals surface area (Å²) in [6, 6.07) is 0.558. The molecule has 112 valence electrons. The Morgan fingerprint density at radius 2 is 2.15 bits per heavy atom. The first kappa shape index (κ1) is 15.5. The summed E-state index contributed by atoms with van der Waals surface area (Å²) in [5, 5.41) is 3.34. The van der Waals surface area contributed by atoms with Crippen molar-refractivity contribution >= 4 is 27.6 Å². The third-order valence-corrected chi connectivity index (χ3v) is 4.51. The summed E-state index contributed by atoms with van der Waals surface area (Å²) in [5.41, 5.74) is 0. The van der Waals surface area contributed by atoms with Crippen LogP contribution in [0.25, 0.3) is 0 Å². The Morgan fingerprint density at radius 1 is 1.35 bits per heavy atom. The molecule has 1 atom stereocenters. The van der Waals surface area contributed by atoms with Crippen molar-refractivity contribution in [3.63, 3.8) is 0 Å². The minimum Gasteiger partial charge on any atom is -0.369 e. The van der Waals surface area contributed by atoms with E-state index in [-0.39, 0.29) is 0 Å². The number of anilines is 2. The van der Waals surface area contributed by atoms with Crippen molar-refractivity contribution in [1.82, 2.24) is 14.9 Å². The average molecular weight is 342 g/mol. The van der Waals surface area contributed by atoms with Gasteiger partial charge in [-0.15, -0.1) is 0 Å². The maximum Gasteiger partial charge on any atom is 0.148 e. The normalized spacial score (nSPS) is 20.2. The smallest absolute Gasteiger partial charge is 0.148 e. The number of likely N-dealkylation sites (N-methyl/N-ethyl adjacent to an activating group) is 1. The van der Waals surface area contributed by atoms with Gasteiger partial charge in [0, 0.05) is 32.2 Å². The Balaban J connectivity index is 2.13. The van der Waals surface area contributed by atoms with Crippen molar-refractivity contribution in [2.24, 2.45) is 0 Å². The van der Waals surface area contributed by atoms with E-state index in [1.807, 2.05) is 0 Å². The predicted octanol–water partition coefficient (Wildman–Crippen LogP) is 2.59. The lowest BCUT2D eigenvalue weighted by Gasteiger charge is -2.40. The predicted molar refractivity (Wildman–Crippen MR) is 87.4 cm³/mol. The fourth-order valence-electron chi connectivity index (χ4n) is 2.61. The third kappa shape index (κ3) is 3.41. The van der Waals surface area contributed by atoms with Gasteiger partial charge < -0.3 is 10.2 Å². The third-order valence-electron chi connectivity index (χ3n) is 3.78. The van der Waals surface area contributed by atoms with Crippen LogP contribution in [-0.2, 0) is 0 Å². The molecular formula is C14H24BrN5. The summed E-state index contributed by atoms with van der Waals surface area (Å²) in [5.74, 6) is 1.89. The number of nitrogens with one attached hydrogen (secondary N) is 1. The van der Waals surface area contributed by atoms with Crippen molar-refractivity contribution < 1.29 is 0 Å². The van der Waals surface area contributed by atoms with Crippen LogP contribution in [0.1, 0.15) is 27.2 Å². The molecule has 1 saturated heterocycles. The minimum absolute atomic E-state index is 0.558. The molecule has 0 aromatic carbocycles. The zero-order valence-corrected chi connectivity index (χ0v) is 14.2. The Hall–Kier alpha value is -0.880. The second-order valence-electron chi connectivity index (χ2n) is 5.21. The van der Waals surface area contributed by atoms with Gasteiger partial charge in [-0.1, -0.05) is 13.8 Å². The van der Waals surface area contributed by atoms with Gasteiger partial charge in [-0.05, 0) is 35.8 Å². The summed E-state index contributed by atoms with van der Waals surface area (Å²) < 4.78 is 0.977. The number of piperazine rings is 1. The molecule has 20 heavy (non-hydrogen) atoms. The van der Waals surface area contributed by atoms with Gasteiger partial charge in [-0.3, -0.25) is 4.90 Å². The monoisotopic (exact) mass is 341 g/mol. The molecule has 0 spiro atoms. The number of nitrogens with zero attached hydrogens (tertiary/aromatic N) is 4. The maximum atomic E-state index is 4.47. The lowest BCUT2D eigenvalue weighted by atomic mass is 10.2. The molecule has 1 fully saturated rings. The average Bonchev–Trinajstić information content (AvgIpc) is 2.46. The first-order valence-electron chi connectivity index (χ1n) is 7.40. The van der Waals surface area contributed by atoms with E-state index >= 15 is 0 Å². The number of aromatic nitrogens is 2. The number of hydrogen-bond acceptors (Lipinski definition) is 5. The maximum absolute atomic E-state index is 4.47. The summed E-state index contributed by atoms with van der Waals surface area (Å²) in [6.07, 6.45) is 2.73. The van der Waals surface area contributed by atoms with Crippen molar-refractivity contribution in [2.75, 3.05) is 42.9 Å². The molecule has 2 heterocycles. The van der Waals surface area contributed by atoms with Crippen LogP contribution in [0.4, 0.5) is 11.6 Å². The largest absolute Gasteiger partial charge is 0.369 e. The molecule has 0 amide bonds. The first-order chi connectivity index (χ1) is 9.67. The van der Waals surface area contributed by atoms with Crippen LogP contribution in [0.5, 0.6) is 0 Å². The quantitative estimate of drug-likeness (QED) is 0.891. The molecule has 0 aliphatic carbocycles.